The number of rotatable bonds is 5. The van der Waals surface area contributed by atoms with Crippen molar-refractivity contribution in [2.45, 2.75) is 4.90 Å². The maximum atomic E-state index is 13.2. The lowest BCUT2D eigenvalue weighted by Crippen LogP contribution is -2.21. The molecule has 1 N–H and O–H groups in total. The molecule has 0 saturated heterocycles. The van der Waals surface area contributed by atoms with Crippen LogP contribution in [0.1, 0.15) is 10.4 Å². The van der Waals surface area contributed by atoms with Crippen LogP contribution in [0.25, 0.3) is 0 Å². The molecule has 0 fully saturated rings. The van der Waals surface area contributed by atoms with Gasteiger partial charge in [-0.05, 0) is 36.6 Å². The van der Waals surface area contributed by atoms with Crippen LogP contribution in [0.4, 0.5) is 14.5 Å². The second-order valence-electron chi connectivity index (χ2n) is 4.60. The molecular formula is C16H12ClF2NO3S. The molecule has 0 bridgehead atoms. The Morgan fingerprint density at radius 3 is 2.62 bits per heavy atom. The minimum absolute atomic E-state index is 0.299. The van der Waals surface area contributed by atoms with Gasteiger partial charge in [0.25, 0.3) is 5.91 Å². The monoisotopic (exact) mass is 371 g/mol. The molecule has 0 aliphatic carbocycles. The fraction of sp³-hybridized carbons (Fsp3) is 0.125. The molecule has 0 heterocycles. The highest BCUT2D eigenvalue weighted by atomic mass is 35.5. The van der Waals surface area contributed by atoms with Gasteiger partial charge < -0.3 is 10.1 Å². The smallest absolute Gasteiger partial charge is 0.340 e. The molecular weight excluding hydrogens is 360 g/mol. The third kappa shape index (κ3) is 4.69. The number of nitrogens with one attached hydrogen (secondary N) is 1. The van der Waals surface area contributed by atoms with Crippen LogP contribution in [-0.4, -0.2) is 24.7 Å². The van der Waals surface area contributed by atoms with Crippen molar-refractivity contribution < 1.29 is 23.1 Å². The van der Waals surface area contributed by atoms with Gasteiger partial charge in [-0.3, -0.25) is 4.79 Å². The van der Waals surface area contributed by atoms with Gasteiger partial charge in [0.2, 0.25) is 0 Å². The third-order valence-corrected chi connectivity index (χ3v) is 3.96. The summed E-state index contributed by atoms with van der Waals surface area (Å²) in [7, 11) is 0. The third-order valence-electron chi connectivity index (χ3n) is 2.92. The Morgan fingerprint density at radius 2 is 1.92 bits per heavy atom. The second kappa shape index (κ2) is 8.12. The zero-order valence-electron chi connectivity index (χ0n) is 12.4. The van der Waals surface area contributed by atoms with Gasteiger partial charge in [0.05, 0.1) is 10.6 Å². The average molecular weight is 372 g/mol. The van der Waals surface area contributed by atoms with E-state index in [4.69, 9.17) is 16.3 Å². The number of hydrogen-bond acceptors (Lipinski definition) is 4. The summed E-state index contributed by atoms with van der Waals surface area (Å²) in [5.41, 5.74) is 0.196. The summed E-state index contributed by atoms with van der Waals surface area (Å²) >= 11 is 7.18. The standard InChI is InChI=1S/C16H12ClF2NO3S/c1-24-10-4-2-3-9(5-10)20-15(21)8-23-16(22)11-6-13(18)14(19)7-12(11)17/h2-7H,8H2,1H3,(H,20,21). The van der Waals surface area contributed by atoms with E-state index in [9.17, 15) is 18.4 Å². The summed E-state index contributed by atoms with van der Waals surface area (Å²) in [5, 5.41) is 2.26. The molecule has 2 aromatic rings. The van der Waals surface area contributed by atoms with Crippen LogP contribution in [-0.2, 0) is 9.53 Å². The van der Waals surface area contributed by atoms with Gasteiger partial charge in [-0.1, -0.05) is 17.7 Å². The van der Waals surface area contributed by atoms with E-state index in [0.29, 0.717) is 17.8 Å². The molecule has 2 aromatic carbocycles. The lowest BCUT2D eigenvalue weighted by Gasteiger charge is -2.08. The van der Waals surface area contributed by atoms with Crippen LogP contribution < -0.4 is 5.32 Å². The van der Waals surface area contributed by atoms with Crippen molar-refractivity contribution in [1.29, 1.82) is 0 Å². The van der Waals surface area contributed by atoms with Crippen molar-refractivity contribution in [3.63, 3.8) is 0 Å². The fourth-order valence-electron chi connectivity index (χ4n) is 1.79. The summed E-state index contributed by atoms with van der Waals surface area (Å²) in [6.07, 6.45) is 1.90. The van der Waals surface area contributed by atoms with Gasteiger partial charge in [0.1, 0.15) is 0 Å². The molecule has 0 atom stereocenters. The van der Waals surface area contributed by atoms with Crippen molar-refractivity contribution in [1.82, 2.24) is 0 Å². The molecule has 0 radical (unpaired) electrons. The summed E-state index contributed by atoms with van der Waals surface area (Å²) in [5.74, 6) is -4.00. The van der Waals surface area contributed by atoms with Gasteiger partial charge in [-0.15, -0.1) is 11.8 Å². The number of carbonyl (C=O) groups is 2. The number of esters is 1. The van der Waals surface area contributed by atoms with Gasteiger partial charge >= 0.3 is 5.97 Å². The molecule has 1 amide bonds. The van der Waals surface area contributed by atoms with Crippen LogP contribution in [0.5, 0.6) is 0 Å². The summed E-state index contributed by atoms with van der Waals surface area (Å²) in [6, 6.07) is 8.39. The van der Waals surface area contributed by atoms with E-state index in [1.807, 2.05) is 12.3 Å². The van der Waals surface area contributed by atoms with Gasteiger partial charge in [0, 0.05) is 10.6 Å². The van der Waals surface area contributed by atoms with E-state index in [1.165, 1.54) is 11.8 Å². The van der Waals surface area contributed by atoms with Crippen molar-refractivity contribution in [2.24, 2.45) is 0 Å². The zero-order valence-corrected chi connectivity index (χ0v) is 14.0. The van der Waals surface area contributed by atoms with E-state index in [1.54, 1.807) is 18.2 Å². The van der Waals surface area contributed by atoms with Crippen LogP contribution in [0.15, 0.2) is 41.3 Å². The highest BCUT2D eigenvalue weighted by Crippen LogP contribution is 2.21. The molecule has 0 aliphatic rings. The quantitative estimate of drug-likeness (QED) is 0.487. The molecule has 8 heteroatoms. The number of hydrogen-bond donors (Lipinski definition) is 1. The van der Waals surface area contributed by atoms with Crippen LogP contribution >= 0.6 is 23.4 Å². The maximum absolute atomic E-state index is 13.2. The first-order valence-electron chi connectivity index (χ1n) is 6.66. The molecule has 4 nitrogen and oxygen atoms in total. The van der Waals surface area contributed by atoms with Crippen LogP contribution in [0, 0.1) is 11.6 Å². The van der Waals surface area contributed by atoms with Crippen molar-refractivity contribution in [3.05, 3.63) is 58.6 Å². The molecule has 0 saturated carbocycles. The van der Waals surface area contributed by atoms with E-state index >= 15 is 0 Å². The summed E-state index contributed by atoms with van der Waals surface area (Å²) in [6.45, 7) is -0.586. The number of amides is 1. The molecule has 2 rings (SSSR count). The van der Waals surface area contributed by atoms with E-state index in [0.717, 1.165) is 4.90 Å². The Balaban J connectivity index is 1.96. The highest BCUT2D eigenvalue weighted by Gasteiger charge is 2.17. The first-order valence-corrected chi connectivity index (χ1v) is 8.26. The van der Waals surface area contributed by atoms with Gasteiger partial charge in [-0.2, -0.15) is 0 Å². The number of anilines is 1. The molecule has 0 aliphatic heterocycles. The topological polar surface area (TPSA) is 55.4 Å². The SMILES string of the molecule is CSc1cccc(NC(=O)COC(=O)c2cc(F)c(F)cc2Cl)c1. The minimum Gasteiger partial charge on any atom is -0.452 e. The average Bonchev–Trinajstić information content (AvgIpc) is 2.56. The fourth-order valence-corrected chi connectivity index (χ4v) is 2.47. The largest absolute Gasteiger partial charge is 0.452 e. The highest BCUT2D eigenvalue weighted by molar-refractivity contribution is 7.98. The van der Waals surface area contributed by atoms with E-state index < -0.39 is 30.1 Å². The molecule has 0 aromatic heterocycles. The van der Waals surface area contributed by atoms with Gasteiger partial charge in [0.15, 0.2) is 18.2 Å². The van der Waals surface area contributed by atoms with E-state index in [-0.39, 0.29) is 10.6 Å². The maximum Gasteiger partial charge on any atom is 0.340 e. The van der Waals surface area contributed by atoms with Crippen LogP contribution in [0.2, 0.25) is 5.02 Å². The van der Waals surface area contributed by atoms with Crippen molar-refractivity contribution in [3.8, 4) is 0 Å². The summed E-state index contributed by atoms with van der Waals surface area (Å²) < 4.78 is 30.9. The number of carbonyl (C=O) groups excluding carboxylic acids is 2. The van der Waals surface area contributed by atoms with Crippen molar-refractivity contribution in [2.75, 3.05) is 18.2 Å². The molecule has 0 spiro atoms. The normalized spacial score (nSPS) is 10.3. The number of benzene rings is 2. The Hall–Kier alpha value is -2.12. The van der Waals surface area contributed by atoms with Crippen molar-refractivity contribution >= 4 is 40.9 Å². The lowest BCUT2D eigenvalue weighted by atomic mass is 10.2. The number of thioether (sulfide) groups is 1. The minimum atomic E-state index is -1.23. The van der Waals surface area contributed by atoms with Gasteiger partial charge in [-0.25, -0.2) is 13.6 Å². The number of ether oxygens (including phenoxy) is 1. The zero-order chi connectivity index (χ0) is 17.7. The van der Waals surface area contributed by atoms with Crippen LogP contribution in [0.3, 0.4) is 0 Å². The number of halogens is 3. The lowest BCUT2D eigenvalue weighted by molar-refractivity contribution is -0.119. The Bertz CT molecular complexity index is 786. The molecule has 0 unspecified atom stereocenters. The second-order valence-corrected chi connectivity index (χ2v) is 5.89. The Morgan fingerprint density at radius 1 is 1.21 bits per heavy atom. The first-order chi connectivity index (χ1) is 11.4. The summed E-state index contributed by atoms with van der Waals surface area (Å²) in [4.78, 5) is 24.6. The predicted octanol–water partition coefficient (Wildman–Crippen LogP) is 4.14. The van der Waals surface area contributed by atoms with E-state index in [2.05, 4.69) is 5.32 Å². The Kier molecular flexibility index (Phi) is 6.16. The predicted molar refractivity (Wildman–Crippen MR) is 88.5 cm³/mol. The first kappa shape index (κ1) is 18.2. The molecule has 126 valence electrons. The molecule has 24 heavy (non-hydrogen) atoms. The Labute approximate surface area is 146 Å².